The Hall–Kier alpha value is -0.480. The summed E-state index contributed by atoms with van der Waals surface area (Å²) in [5, 5.41) is 0. The van der Waals surface area contributed by atoms with Crippen LogP contribution in [0.3, 0.4) is 0 Å². The van der Waals surface area contributed by atoms with Crippen LogP contribution in [0.15, 0.2) is 17.4 Å². The third kappa shape index (κ3) is 0.827. The number of hydrogen-bond donors (Lipinski definition) is 0. The lowest BCUT2D eigenvalue weighted by molar-refractivity contribution is 0.00930. The van der Waals surface area contributed by atoms with Gasteiger partial charge in [0.2, 0.25) is 0 Å². The Morgan fingerprint density at radius 3 is 2.91 bits per heavy atom. The molecule has 0 N–H and O–H groups in total. The molecular formula is C11H16. The Labute approximate surface area is 69.0 Å². The minimum Gasteiger partial charge on any atom is -0.126 e. The first-order chi connectivity index (χ1) is 5.12. The lowest BCUT2D eigenvalue weighted by Gasteiger charge is -2.51. The summed E-state index contributed by atoms with van der Waals surface area (Å²) >= 11 is 0. The van der Waals surface area contributed by atoms with Gasteiger partial charge in [-0.05, 0) is 48.7 Å². The van der Waals surface area contributed by atoms with E-state index < -0.39 is 0 Å². The van der Waals surface area contributed by atoms with Crippen molar-refractivity contribution in [3.63, 3.8) is 0 Å². The first-order valence-corrected chi connectivity index (χ1v) is 4.54. The van der Waals surface area contributed by atoms with Crippen molar-refractivity contribution in [2.75, 3.05) is 0 Å². The minimum atomic E-state index is 0.560. The standard InChI is InChI=1S/C11H16/c1-8-5-4-6-9-7-10(8)11(9,2)3/h4,9-10H,6-7H2,1-3H3. The van der Waals surface area contributed by atoms with Crippen LogP contribution in [0.5, 0.6) is 0 Å². The van der Waals surface area contributed by atoms with E-state index in [-0.39, 0.29) is 0 Å². The molecule has 0 aliphatic heterocycles. The number of fused-ring (bicyclic) bond motifs is 1. The highest BCUT2D eigenvalue weighted by atomic mass is 14.5. The van der Waals surface area contributed by atoms with Gasteiger partial charge < -0.3 is 0 Å². The highest BCUT2D eigenvalue weighted by Gasteiger charge is 2.48. The molecule has 3 aliphatic carbocycles. The van der Waals surface area contributed by atoms with Crippen LogP contribution >= 0.6 is 0 Å². The number of allylic oxidation sites excluding steroid dienone is 1. The van der Waals surface area contributed by atoms with Gasteiger partial charge in [-0.15, -0.1) is 5.73 Å². The van der Waals surface area contributed by atoms with Gasteiger partial charge in [-0.25, -0.2) is 0 Å². The quantitative estimate of drug-likeness (QED) is 0.463. The van der Waals surface area contributed by atoms with E-state index in [1.54, 1.807) is 0 Å². The van der Waals surface area contributed by atoms with Crippen LogP contribution in [0.1, 0.15) is 33.6 Å². The molecule has 60 valence electrons. The van der Waals surface area contributed by atoms with E-state index in [1.807, 2.05) is 0 Å². The van der Waals surface area contributed by atoms with Crippen LogP contribution in [0.4, 0.5) is 0 Å². The lowest BCUT2D eigenvalue weighted by Crippen LogP contribution is -2.44. The Balaban J connectivity index is 2.34. The molecule has 0 spiro atoms. The van der Waals surface area contributed by atoms with Crippen molar-refractivity contribution >= 4 is 0 Å². The predicted molar refractivity (Wildman–Crippen MR) is 47.3 cm³/mol. The summed E-state index contributed by atoms with van der Waals surface area (Å²) in [6.07, 6.45) is 4.89. The Kier molecular flexibility index (Phi) is 1.32. The highest BCUT2D eigenvalue weighted by molar-refractivity contribution is 5.18. The maximum Gasteiger partial charge on any atom is -0.00730 e. The van der Waals surface area contributed by atoms with E-state index in [4.69, 9.17) is 0 Å². The third-order valence-corrected chi connectivity index (χ3v) is 3.73. The summed E-state index contributed by atoms with van der Waals surface area (Å²) in [4.78, 5) is 0. The first-order valence-electron chi connectivity index (χ1n) is 4.54. The van der Waals surface area contributed by atoms with Crippen LogP contribution < -0.4 is 0 Å². The number of hydrogen-bond acceptors (Lipinski definition) is 0. The number of rotatable bonds is 0. The Morgan fingerprint density at radius 1 is 1.55 bits per heavy atom. The average Bonchev–Trinajstić information content (AvgIpc) is 2.17. The van der Waals surface area contributed by atoms with E-state index in [9.17, 15) is 0 Å². The molecule has 1 saturated carbocycles. The lowest BCUT2D eigenvalue weighted by atomic mass is 9.53. The van der Waals surface area contributed by atoms with Gasteiger partial charge in [0.15, 0.2) is 0 Å². The fourth-order valence-corrected chi connectivity index (χ4v) is 2.61. The van der Waals surface area contributed by atoms with Crippen molar-refractivity contribution in [2.24, 2.45) is 17.3 Å². The average molecular weight is 148 g/mol. The predicted octanol–water partition coefficient (Wildman–Crippen LogP) is 3.15. The molecule has 0 aromatic carbocycles. The van der Waals surface area contributed by atoms with Crippen LogP contribution in [0.25, 0.3) is 0 Å². The zero-order valence-corrected chi connectivity index (χ0v) is 7.65. The van der Waals surface area contributed by atoms with E-state index in [2.05, 4.69) is 32.6 Å². The van der Waals surface area contributed by atoms with Gasteiger partial charge in [-0.3, -0.25) is 0 Å². The van der Waals surface area contributed by atoms with Crippen LogP contribution in [0, 0.1) is 17.3 Å². The molecule has 0 heteroatoms. The van der Waals surface area contributed by atoms with Crippen LogP contribution in [0.2, 0.25) is 0 Å². The second-order valence-electron chi connectivity index (χ2n) is 4.57. The summed E-state index contributed by atoms with van der Waals surface area (Å²) in [6, 6.07) is 0. The molecular weight excluding hydrogens is 132 g/mol. The van der Waals surface area contributed by atoms with Crippen LogP contribution in [-0.2, 0) is 0 Å². The summed E-state index contributed by atoms with van der Waals surface area (Å²) in [5.41, 5.74) is 5.42. The fraction of sp³-hybridized carbons (Fsp3) is 0.727. The van der Waals surface area contributed by atoms with Crippen molar-refractivity contribution in [3.8, 4) is 0 Å². The Bertz CT molecular complexity index is 239. The molecule has 0 radical (unpaired) electrons. The fourth-order valence-electron chi connectivity index (χ4n) is 2.61. The smallest absolute Gasteiger partial charge is 0.00730 e. The first kappa shape index (κ1) is 7.18. The topological polar surface area (TPSA) is 0 Å². The van der Waals surface area contributed by atoms with Gasteiger partial charge in [0, 0.05) is 0 Å². The molecule has 11 heavy (non-hydrogen) atoms. The van der Waals surface area contributed by atoms with Gasteiger partial charge in [0.05, 0.1) is 0 Å². The van der Waals surface area contributed by atoms with Crippen molar-refractivity contribution in [1.29, 1.82) is 0 Å². The monoisotopic (exact) mass is 148 g/mol. The van der Waals surface area contributed by atoms with Crippen molar-refractivity contribution < 1.29 is 0 Å². The molecule has 0 nitrogen and oxygen atoms in total. The summed E-state index contributed by atoms with van der Waals surface area (Å²) in [7, 11) is 0. The van der Waals surface area contributed by atoms with Crippen molar-refractivity contribution in [2.45, 2.75) is 33.6 Å². The van der Waals surface area contributed by atoms with Gasteiger partial charge >= 0.3 is 0 Å². The minimum absolute atomic E-state index is 0.560. The summed E-state index contributed by atoms with van der Waals surface area (Å²) in [6.45, 7) is 7.02. The Morgan fingerprint density at radius 2 is 2.27 bits per heavy atom. The molecule has 2 unspecified atom stereocenters. The van der Waals surface area contributed by atoms with E-state index in [1.165, 1.54) is 18.4 Å². The molecule has 0 amide bonds. The van der Waals surface area contributed by atoms with E-state index in [0.29, 0.717) is 5.41 Å². The molecule has 0 heterocycles. The molecule has 3 rings (SSSR count). The normalized spacial score (nSPS) is 39.0. The molecule has 0 aromatic rings. The highest BCUT2D eigenvalue weighted by Crippen LogP contribution is 2.56. The van der Waals surface area contributed by atoms with E-state index in [0.717, 1.165) is 11.8 Å². The SMILES string of the molecule is CC1=C=CCC2CC1C2(C)C. The summed E-state index contributed by atoms with van der Waals surface area (Å²) in [5.74, 6) is 1.75. The zero-order chi connectivity index (χ0) is 8.06. The molecule has 1 fully saturated rings. The van der Waals surface area contributed by atoms with Crippen LogP contribution in [-0.4, -0.2) is 0 Å². The van der Waals surface area contributed by atoms with Crippen molar-refractivity contribution in [3.05, 3.63) is 17.4 Å². The molecule has 2 bridgehead atoms. The van der Waals surface area contributed by atoms with Gasteiger partial charge in [-0.1, -0.05) is 13.8 Å². The molecule has 2 atom stereocenters. The summed E-state index contributed by atoms with van der Waals surface area (Å²) < 4.78 is 0. The van der Waals surface area contributed by atoms with Gasteiger partial charge in [0.25, 0.3) is 0 Å². The largest absolute Gasteiger partial charge is 0.126 e. The van der Waals surface area contributed by atoms with E-state index >= 15 is 0 Å². The maximum absolute atomic E-state index is 3.38. The third-order valence-electron chi connectivity index (χ3n) is 3.73. The van der Waals surface area contributed by atoms with Gasteiger partial charge in [-0.2, -0.15) is 0 Å². The molecule has 3 aliphatic rings. The second kappa shape index (κ2) is 2.01. The maximum atomic E-state index is 3.38. The van der Waals surface area contributed by atoms with Gasteiger partial charge in [0.1, 0.15) is 0 Å². The van der Waals surface area contributed by atoms with Crippen molar-refractivity contribution in [1.82, 2.24) is 0 Å². The molecule has 0 aromatic heterocycles. The molecule has 0 saturated heterocycles. The zero-order valence-electron chi connectivity index (χ0n) is 7.65. The second-order valence-corrected chi connectivity index (χ2v) is 4.57.